The minimum absolute atomic E-state index is 0.266. The van der Waals surface area contributed by atoms with Gasteiger partial charge in [-0.25, -0.2) is 0 Å². The Morgan fingerprint density at radius 1 is 1.38 bits per heavy atom. The number of hydrogen-bond acceptors (Lipinski definition) is 4. The summed E-state index contributed by atoms with van der Waals surface area (Å²) in [7, 11) is 0. The average molecular weight is 303 g/mol. The molecule has 2 heterocycles. The second kappa shape index (κ2) is 4.63. The van der Waals surface area contributed by atoms with Gasteiger partial charge in [0.15, 0.2) is 15.6 Å². The van der Waals surface area contributed by atoms with Crippen LogP contribution in [0.3, 0.4) is 0 Å². The van der Waals surface area contributed by atoms with Crippen molar-refractivity contribution in [3.05, 3.63) is 39.8 Å². The van der Waals surface area contributed by atoms with Crippen LogP contribution >= 0.6 is 27.5 Å². The molecule has 2 rings (SSSR count). The zero-order valence-electron chi connectivity index (χ0n) is 7.78. The third kappa shape index (κ3) is 2.40. The van der Waals surface area contributed by atoms with Crippen molar-refractivity contribution in [2.24, 2.45) is 0 Å². The fourth-order valence-electron chi connectivity index (χ4n) is 1.02. The van der Waals surface area contributed by atoms with E-state index in [1.54, 1.807) is 12.1 Å². The van der Waals surface area contributed by atoms with Gasteiger partial charge in [-0.05, 0) is 34.1 Å². The summed E-state index contributed by atoms with van der Waals surface area (Å²) < 4.78 is 5.31. The lowest BCUT2D eigenvalue weighted by molar-refractivity contribution is 0.102. The number of anilines is 1. The molecule has 1 amide bonds. The van der Waals surface area contributed by atoms with E-state index in [1.165, 1.54) is 12.3 Å². The Morgan fingerprint density at radius 2 is 2.19 bits per heavy atom. The maximum absolute atomic E-state index is 11.7. The fraction of sp³-hybridized carbons (Fsp3) is 0. The number of rotatable bonds is 2. The van der Waals surface area contributed by atoms with Crippen molar-refractivity contribution in [1.82, 2.24) is 10.2 Å². The number of aromatic nitrogens is 2. The predicted molar refractivity (Wildman–Crippen MR) is 61.4 cm³/mol. The highest BCUT2D eigenvalue weighted by atomic mass is 79.9. The lowest BCUT2D eigenvalue weighted by atomic mass is 10.3. The average Bonchev–Trinajstić information content (AvgIpc) is 2.68. The standard InChI is InChI=1S/C9H5BrClN3O2/c10-8-5(3-4-16-8)9(15)12-7-2-1-6(11)13-14-7/h1-4H,(H,12,14,15). The molecule has 0 aliphatic heterocycles. The molecule has 0 aliphatic carbocycles. The van der Waals surface area contributed by atoms with Crippen molar-refractivity contribution in [1.29, 1.82) is 0 Å². The zero-order chi connectivity index (χ0) is 11.5. The Hall–Kier alpha value is -1.40. The molecular weight excluding hydrogens is 297 g/mol. The SMILES string of the molecule is O=C(Nc1ccc(Cl)nn1)c1ccoc1Br. The van der Waals surface area contributed by atoms with E-state index in [4.69, 9.17) is 16.0 Å². The van der Waals surface area contributed by atoms with Crippen molar-refractivity contribution >= 4 is 39.3 Å². The highest BCUT2D eigenvalue weighted by molar-refractivity contribution is 9.10. The summed E-state index contributed by atoms with van der Waals surface area (Å²) in [5, 5.41) is 10.1. The summed E-state index contributed by atoms with van der Waals surface area (Å²) in [5.41, 5.74) is 0.386. The van der Waals surface area contributed by atoms with E-state index in [2.05, 4.69) is 31.4 Å². The molecule has 16 heavy (non-hydrogen) atoms. The first-order valence-corrected chi connectivity index (χ1v) is 5.37. The Labute approximate surface area is 104 Å². The van der Waals surface area contributed by atoms with Crippen LogP contribution in [0.2, 0.25) is 5.15 Å². The van der Waals surface area contributed by atoms with Crippen molar-refractivity contribution in [2.45, 2.75) is 0 Å². The van der Waals surface area contributed by atoms with Gasteiger partial charge in [0.05, 0.1) is 11.8 Å². The zero-order valence-corrected chi connectivity index (χ0v) is 10.1. The van der Waals surface area contributed by atoms with E-state index in [0.717, 1.165) is 0 Å². The van der Waals surface area contributed by atoms with Gasteiger partial charge in [0.2, 0.25) is 0 Å². The number of hydrogen-bond donors (Lipinski definition) is 1. The van der Waals surface area contributed by atoms with E-state index < -0.39 is 0 Å². The molecule has 0 spiro atoms. The van der Waals surface area contributed by atoms with E-state index in [0.29, 0.717) is 16.1 Å². The van der Waals surface area contributed by atoms with Gasteiger partial charge in [-0.3, -0.25) is 4.79 Å². The van der Waals surface area contributed by atoms with Gasteiger partial charge >= 0.3 is 0 Å². The van der Waals surface area contributed by atoms with Crippen LogP contribution in [-0.4, -0.2) is 16.1 Å². The molecule has 7 heteroatoms. The molecule has 0 atom stereocenters. The van der Waals surface area contributed by atoms with Crippen LogP contribution in [0.4, 0.5) is 5.82 Å². The van der Waals surface area contributed by atoms with Gasteiger partial charge in [0, 0.05) is 0 Å². The fourth-order valence-corrected chi connectivity index (χ4v) is 1.54. The van der Waals surface area contributed by atoms with Gasteiger partial charge in [-0.15, -0.1) is 10.2 Å². The summed E-state index contributed by atoms with van der Waals surface area (Å²) in [4.78, 5) is 11.7. The summed E-state index contributed by atoms with van der Waals surface area (Å²) in [6, 6.07) is 4.64. The largest absolute Gasteiger partial charge is 0.457 e. The molecule has 0 aromatic carbocycles. The van der Waals surface area contributed by atoms with Gasteiger partial charge in [0.1, 0.15) is 0 Å². The minimum Gasteiger partial charge on any atom is -0.457 e. The molecular formula is C9H5BrClN3O2. The topological polar surface area (TPSA) is 68.0 Å². The number of nitrogens with zero attached hydrogens (tertiary/aromatic N) is 2. The number of carbonyl (C=O) groups is 1. The molecule has 2 aromatic rings. The number of furan rings is 1. The van der Waals surface area contributed by atoms with Crippen molar-refractivity contribution in [3.63, 3.8) is 0 Å². The molecule has 0 bridgehead atoms. The third-order valence-corrected chi connectivity index (χ3v) is 2.55. The minimum atomic E-state index is -0.336. The van der Waals surface area contributed by atoms with Gasteiger partial charge < -0.3 is 9.73 Å². The highest BCUT2D eigenvalue weighted by Gasteiger charge is 2.13. The van der Waals surface area contributed by atoms with E-state index in [-0.39, 0.29) is 11.1 Å². The molecule has 82 valence electrons. The van der Waals surface area contributed by atoms with E-state index in [9.17, 15) is 4.79 Å². The number of nitrogens with one attached hydrogen (secondary N) is 1. The molecule has 0 unspecified atom stereocenters. The highest BCUT2D eigenvalue weighted by Crippen LogP contribution is 2.18. The first-order valence-electron chi connectivity index (χ1n) is 4.20. The Bertz CT molecular complexity index is 512. The smallest absolute Gasteiger partial charge is 0.261 e. The van der Waals surface area contributed by atoms with E-state index in [1.807, 2.05) is 0 Å². The first-order chi connectivity index (χ1) is 7.66. The van der Waals surface area contributed by atoms with Gasteiger partial charge in [-0.2, -0.15) is 0 Å². The predicted octanol–water partition coefficient (Wildman–Crippen LogP) is 2.74. The molecule has 0 aliphatic rings. The second-order valence-electron chi connectivity index (χ2n) is 2.80. The van der Waals surface area contributed by atoms with Crippen LogP contribution in [-0.2, 0) is 0 Å². The van der Waals surface area contributed by atoms with E-state index >= 15 is 0 Å². The Morgan fingerprint density at radius 3 is 2.75 bits per heavy atom. The van der Waals surface area contributed by atoms with Crippen molar-refractivity contribution in [3.8, 4) is 0 Å². The summed E-state index contributed by atoms with van der Waals surface area (Å²) in [5.74, 6) is -0.0141. The molecule has 0 radical (unpaired) electrons. The Kier molecular flexibility index (Phi) is 3.21. The van der Waals surface area contributed by atoms with Crippen LogP contribution < -0.4 is 5.32 Å². The molecule has 2 aromatic heterocycles. The van der Waals surface area contributed by atoms with Crippen molar-refractivity contribution < 1.29 is 9.21 Å². The van der Waals surface area contributed by atoms with Crippen LogP contribution in [0.15, 0.2) is 33.5 Å². The molecule has 0 saturated heterocycles. The normalized spacial score (nSPS) is 10.1. The van der Waals surface area contributed by atoms with Gasteiger partial charge in [0.25, 0.3) is 5.91 Å². The first kappa shape index (κ1) is 11.1. The molecule has 5 nitrogen and oxygen atoms in total. The summed E-state index contributed by atoms with van der Waals surface area (Å²) >= 11 is 8.67. The molecule has 1 N–H and O–H groups in total. The number of carbonyl (C=O) groups excluding carboxylic acids is 1. The third-order valence-electron chi connectivity index (χ3n) is 1.74. The molecule has 0 saturated carbocycles. The second-order valence-corrected chi connectivity index (χ2v) is 3.91. The van der Waals surface area contributed by atoms with Crippen LogP contribution in [0.25, 0.3) is 0 Å². The molecule has 0 fully saturated rings. The Balaban J connectivity index is 2.14. The summed E-state index contributed by atoms with van der Waals surface area (Å²) in [6.45, 7) is 0. The van der Waals surface area contributed by atoms with Crippen LogP contribution in [0.1, 0.15) is 10.4 Å². The summed E-state index contributed by atoms with van der Waals surface area (Å²) in [6.07, 6.45) is 1.41. The lowest BCUT2D eigenvalue weighted by Crippen LogP contribution is -2.12. The maximum atomic E-state index is 11.7. The lowest BCUT2D eigenvalue weighted by Gasteiger charge is -2.01. The maximum Gasteiger partial charge on any atom is 0.261 e. The number of amides is 1. The van der Waals surface area contributed by atoms with Gasteiger partial charge in [-0.1, -0.05) is 11.6 Å². The monoisotopic (exact) mass is 301 g/mol. The van der Waals surface area contributed by atoms with Crippen molar-refractivity contribution in [2.75, 3.05) is 5.32 Å². The van der Waals surface area contributed by atoms with Crippen LogP contribution in [0, 0.1) is 0 Å². The van der Waals surface area contributed by atoms with Crippen LogP contribution in [0.5, 0.6) is 0 Å². The number of halogens is 2. The quantitative estimate of drug-likeness (QED) is 0.926.